The summed E-state index contributed by atoms with van der Waals surface area (Å²) in [4.78, 5) is 14.4. The molecule has 1 heterocycles. The molecule has 0 radical (unpaired) electrons. The molecule has 4 nitrogen and oxygen atoms in total. The van der Waals surface area contributed by atoms with Crippen molar-refractivity contribution in [3.05, 3.63) is 53.4 Å². The Hall–Kier alpha value is -2.17. The Bertz CT molecular complexity index is 578. The summed E-state index contributed by atoms with van der Waals surface area (Å²) in [6.07, 6.45) is 3.69. The lowest BCUT2D eigenvalue weighted by molar-refractivity contribution is 0.0691. The molecule has 2 rings (SSSR count). The van der Waals surface area contributed by atoms with Gasteiger partial charge in [-0.1, -0.05) is 6.07 Å². The zero-order valence-electron chi connectivity index (χ0n) is 9.93. The maximum Gasteiger partial charge on any atom is 0.356 e. The van der Waals surface area contributed by atoms with E-state index >= 15 is 0 Å². The number of hydrogen-bond acceptors (Lipinski definition) is 2. The first kappa shape index (κ1) is 12.3. The molecular weight excluding hydrogens is 235 g/mol. The van der Waals surface area contributed by atoms with Crippen LogP contribution in [0.25, 0.3) is 0 Å². The quantitative estimate of drug-likeness (QED) is 0.903. The Morgan fingerprint density at radius 1 is 1.50 bits per heavy atom. The monoisotopic (exact) mass is 248 g/mol. The maximum absolute atomic E-state index is 12.9. The molecule has 0 atom stereocenters. The van der Waals surface area contributed by atoms with Crippen LogP contribution < -0.4 is 0 Å². The van der Waals surface area contributed by atoms with Gasteiger partial charge in [0.05, 0.1) is 6.33 Å². The van der Waals surface area contributed by atoms with Gasteiger partial charge in [0.15, 0.2) is 5.69 Å². The third-order valence-electron chi connectivity index (χ3n) is 2.80. The molecule has 0 unspecified atom stereocenters. The summed E-state index contributed by atoms with van der Waals surface area (Å²) in [5.74, 6) is -1.28. The second-order valence-corrected chi connectivity index (χ2v) is 4.12. The van der Waals surface area contributed by atoms with E-state index in [9.17, 15) is 9.18 Å². The van der Waals surface area contributed by atoms with Crippen LogP contribution in [0.1, 0.15) is 21.6 Å². The van der Waals surface area contributed by atoms with Crippen LogP contribution in [0.15, 0.2) is 30.7 Å². The van der Waals surface area contributed by atoms with Gasteiger partial charge in [-0.25, -0.2) is 14.2 Å². The van der Waals surface area contributed by atoms with E-state index in [1.54, 1.807) is 10.6 Å². The summed E-state index contributed by atoms with van der Waals surface area (Å²) in [6, 6.07) is 4.67. The lowest BCUT2D eigenvalue weighted by Gasteiger charge is -2.06. The van der Waals surface area contributed by atoms with Crippen LogP contribution in [0.3, 0.4) is 0 Å². The molecule has 0 spiro atoms. The Morgan fingerprint density at radius 2 is 2.28 bits per heavy atom. The van der Waals surface area contributed by atoms with Gasteiger partial charge in [0.2, 0.25) is 0 Å². The number of halogens is 1. The van der Waals surface area contributed by atoms with Gasteiger partial charge in [-0.3, -0.25) is 0 Å². The first-order chi connectivity index (χ1) is 8.56. The van der Waals surface area contributed by atoms with Crippen molar-refractivity contribution in [1.29, 1.82) is 0 Å². The SMILES string of the molecule is Cc1cc(F)ccc1CCn1cnc(C(=O)O)c1. The third kappa shape index (κ3) is 2.74. The number of hydrogen-bond donors (Lipinski definition) is 1. The van der Waals surface area contributed by atoms with Gasteiger partial charge in [-0.2, -0.15) is 0 Å². The Kier molecular flexibility index (Phi) is 3.41. The van der Waals surface area contributed by atoms with Crippen LogP contribution in [0.4, 0.5) is 4.39 Å². The third-order valence-corrected chi connectivity index (χ3v) is 2.80. The Morgan fingerprint density at radius 3 is 2.89 bits per heavy atom. The first-order valence-corrected chi connectivity index (χ1v) is 5.56. The van der Waals surface area contributed by atoms with Gasteiger partial charge in [-0.05, 0) is 36.6 Å². The fraction of sp³-hybridized carbons (Fsp3) is 0.231. The number of benzene rings is 1. The van der Waals surface area contributed by atoms with E-state index in [-0.39, 0.29) is 11.5 Å². The first-order valence-electron chi connectivity index (χ1n) is 5.56. The average Bonchev–Trinajstić information content (AvgIpc) is 2.76. The lowest BCUT2D eigenvalue weighted by atomic mass is 10.1. The molecular formula is C13H13FN2O2. The van der Waals surface area contributed by atoms with Crippen LogP contribution in [0.5, 0.6) is 0 Å². The molecule has 2 aromatic rings. The van der Waals surface area contributed by atoms with E-state index in [1.807, 2.05) is 6.92 Å². The molecule has 0 bridgehead atoms. The summed E-state index contributed by atoms with van der Waals surface area (Å²) in [6.45, 7) is 2.47. The van der Waals surface area contributed by atoms with E-state index in [1.165, 1.54) is 24.7 Å². The van der Waals surface area contributed by atoms with Crippen molar-refractivity contribution < 1.29 is 14.3 Å². The number of carbonyl (C=O) groups is 1. The number of imidazole rings is 1. The second-order valence-electron chi connectivity index (χ2n) is 4.12. The minimum Gasteiger partial charge on any atom is -0.476 e. The predicted octanol–water partition coefficient (Wildman–Crippen LogP) is 2.27. The van der Waals surface area contributed by atoms with E-state index in [2.05, 4.69) is 4.98 Å². The van der Waals surface area contributed by atoms with Crippen molar-refractivity contribution >= 4 is 5.97 Å². The van der Waals surface area contributed by atoms with E-state index < -0.39 is 5.97 Å². The molecule has 0 saturated heterocycles. The molecule has 0 saturated carbocycles. The number of aromatic nitrogens is 2. The lowest BCUT2D eigenvalue weighted by Crippen LogP contribution is -2.01. The van der Waals surface area contributed by atoms with Crippen molar-refractivity contribution in [3.8, 4) is 0 Å². The van der Waals surface area contributed by atoms with E-state index in [0.717, 1.165) is 11.1 Å². The zero-order chi connectivity index (χ0) is 13.1. The molecule has 18 heavy (non-hydrogen) atoms. The number of carboxylic acids is 1. The number of rotatable bonds is 4. The number of aryl methyl sites for hydroxylation is 3. The van der Waals surface area contributed by atoms with Crippen molar-refractivity contribution in [2.75, 3.05) is 0 Å². The highest BCUT2D eigenvalue weighted by Gasteiger charge is 2.06. The van der Waals surface area contributed by atoms with Gasteiger partial charge in [0.1, 0.15) is 5.82 Å². The highest BCUT2D eigenvalue weighted by Crippen LogP contribution is 2.11. The van der Waals surface area contributed by atoms with Crippen LogP contribution in [0, 0.1) is 12.7 Å². The minimum atomic E-state index is -1.04. The average molecular weight is 248 g/mol. The van der Waals surface area contributed by atoms with Crippen LogP contribution in [0.2, 0.25) is 0 Å². The summed E-state index contributed by atoms with van der Waals surface area (Å²) in [5, 5.41) is 8.74. The number of nitrogens with zero attached hydrogens (tertiary/aromatic N) is 2. The van der Waals surface area contributed by atoms with Crippen LogP contribution in [-0.2, 0) is 13.0 Å². The number of aromatic carboxylic acids is 1. The van der Waals surface area contributed by atoms with Crippen molar-refractivity contribution in [2.45, 2.75) is 19.9 Å². The standard InChI is InChI=1S/C13H13FN2O2/c1-9-6-11(14)3-2-10(9)4-5-16-7-12(13(17)18)15-8-16/h2-3,6-8H,4-5H2,1H3,(H,17,18). The normalized spacial score (nSPS) is 10.6. The highest BCUT2D eigenvalue weighted by molar-refractivity contribution is 5.84. The number of carboxylic acid groups (broad SMARTS) is 1. The maximum atomic E-state index is 12.9. The van der Waals surface area contributed by atoms with Gasteiger partial charge in [-0.15, -0.1) is 0 Å². The van der Waals surface area contributed by atoms with E-state index in [0.29, 0.717) is 13.0 Å². The van der Waals surface area contributed by atoms with Gasteiger partial charge >= 0.3 is 5.97 Å². The predicted molar refractivity (Wildman–Crippen MR) is 64.0 cm³/mol. The molecule has 1 aromatic carbocycles. The largest absolute Gasteiger partial charge is 0.476 e. The molecule has 0 fully saturated rings. The topological polar surface area (TPSA) is 55.1 Å². The van der Waals surface area contributed by atoms with Gasteiger partial charge < -0.3 is 9.67 Å². The van der Waals surface area contributed by atoms with Crippen LogP contribution >= 0.6 is 0 Å². The van der Waals surface area contributed by atoms with Crippen molar-refractivity contribution in [3.63, 3.8) is 0 Å². The molecule has 5 heteroatoms. The fourth-order valence-corrected chi connectivity index (χ4v) is 1.78. The van der Waals surface area contributed by atoms with Gasteiger partial charge in [0.25, 0.3) is 0 Å². The van der Waals surface area contributed by atoms with Crippen LogP contribution in [-0.4, -0.2) is 20.6 Å². The molecule has 0 amide bonds. The minimum absolute atomic E-state index is 0.0332. The molecule has 94 valence electrons. The summed E-state index contributed by atoms with van der Waals surface area (Å²) >= 11 is 0. The van der Waals surface area contributed by atoms with Crippen molar-refractivity contribution in [2.24, 2.45) is 0 Å². The van der Waals surface area contributed by atoms with Gasteiger partial charge in [0, 0.05) is 12.7 Å². The second kappa shape index (κ2) is 5.00. The summed E-state index contributed by atoms with van der Waals surface area (Å²) < 4.78 is 14.6. The Labute approximate surface area is 104 Å². The molecule has 1 N–H and O–H groups in total. The van der Waals surface area contributed by atoms with Crippen molar-refractivity contribution in [1.82, 2.24) is 9.55 Å². The summed E-state index contributed by atoms with van der Waals surface area (Å²) in [5.41, 5.74) is 1.97. The molecule has 1 aromatic heterocycles. The molecule has 0 aliphatic heterocycles. The zero-order valence-corrected chi connectivity index (χ0v) is 9.93. The summed E-state index contributed by atoms with van der Waals surface area (Å²) in [7, 11) is 0. The highest BCUT2D eigenvalue weighted by atomic mass is 19.1. The molecule has 0 aliphatic carbocycles. The fourth-order valence-electron chi connectivity index (χ4n) is 1.78. The molecule has 0 aliphatic rings. The Balaban J connectivity index is 2.04. The van der Waals surface area contributed by atoms with E-state index in [4.69, 9.17) is 5.11 Å². The smallest absolute Gasteiger partial charge is 0.356 e.